The number of aryl methyl sites for hydroxylation is 16. The van der Waals surface area contributed by atoms with E-state index in [1.54, 1.807) is 94.1 Å². The number of hydrogen-bond acceptors (Lipinski definition) is 30. The molecule has 5 aliphatic carbocycles. The standard InChI is InChI=1S/C18H16N4OS.C18H18N4S.C17H16N4S.C16H15N5O2S2.C15H13N5O2S2/c1-11(23)7-12-3-2-4-14(8-12)21-18-19-9-13-5-6-15-17(16(13)22-18)24-10-20-15;1-10-6-11(2)8-14(7-10)21-18-19-9-13-4-5-15-17(16(13)22-18)23-12(3)20-15;1-10-5-11(2)7-13(6-10)20-17-18-8-12-3-4-14-16(15(12)21-17)22-9-19-14;1-9-19-13-6-5-10-8-18-16(21-14(10)15(13)24-9)20-11-3-2-4-12(7-11)25(17,22)23;16-24(21,22)11-3-1-2-10(6-11)19-15-17-7-9-4-5-12-14(13(9)20-15)23-8-18-12/h2-4,8-10H,5-7H2,1H3,(H,19,21,22);6-9H,4-5H2,1-3H3,(H,19,21,22);5-9H,3-4H2,1-2H3,(H,18,20,21);2-4,7-8H,5-6H2,1H3,(H2,17,22,23)(H,18,20,21);1-3,6-8H,4-5H2,(H2,16,21,22)(H,17,19,20). The molecule has 0 aliphatic heterocycles. The molecule has 0 atom stereocenters. The second kappa shape index (κ2) is 34.4. The van der Waals surface area contributed by atoms with E-state index in [1.807, 2.05) is 72.5 Å². The molecular formula is C84H78N22O5S7. The van der Waals surface area contributed by atoms with E-state index in [2.05, 4.69) is 157 Å². The highest BCUT2D eigenvalue weighted by molar-refractivity contribution is 7.89. The molecule has 118 heavy (non-hydrogen) atoms. The van der Waals surface area contributed by atoms with Gasteiger partial charge in [0.1, 0.15) is 5.78 Å². The molecule has 10 heterocycles. The highest BCUT2D eigenvalue weighted by Gasteiger charge is 2.28. The number of fused-ring (bicyclic) bond motifs is 15. The van der Waals surface area contributed by atoms with Crippen molar-refractivity contribution in [3.8, 4) is 52.9 Å². The third kappa shape index (κ3) is 18.9. The third-order valence-corrected chi connectivity index (χ3v) is 26.0. The predicted molar refractivity (Wildman–Crippen MR) is 467 cm³/mol. The number of anilines is 10. The van der Waals surface area contributed by atoms with Gasteiger partial charge in [0.15, 0.2) is 0 Å². The summed E-state index contributed by atoms with van der Waals surface area (Å²) < 4.78 is 45.9. The van der Waals surface area contributed by atoms with Crippen LogP contribution in [0.5, 0.6) is 0 Å². The Labute approximate surface area is 701 Å². The highest BCUT2D eigenvalue weighted by Crippen LogP contribution is 2.42. The lowest BCUT2D eigenvalue weighted by Crippen LogP contribution is -2.12. The topological polar surface area (TPSA) is 391 Å². The highest BCUT2D eigenvalue weighted by atomic mass is 32.2. The van der Waals surface area contributed by atoms with Crippen LogP contribution in [0, 0.1) is 41.5 Å². The number of nitrogens with zero attached hydrogens (tertiary/aromatic N) is 15. The van der Waals surface area contributed by atoms with Crippen LogP contribution < -0.4 is 36.9 Å². The molecule has 596 valence electrons. The van der Waals surface area contributed by atoms with Gasteiger partial charge in [0.05, 0.1) is 118 Å². The first-order valence-electron chi connectivity index (χ1n) is 37.7. The summed E-state index contributed by atoms with van der Waals surface area (Å²) in [6.45, 7) is 14.0. The van der Waals surface area contributed by atoms with Gasteiger partial charge in [-0.15, -0.1) is 56.7 Å². The number of carbonyl (C=O) groups excluding carboxylic acids is 1. The molecule has 5 aromatic carbocycles. The van der Waals surface area contributed by atoms with Crippen molar-refractivity contribution < 1.29 is 21.6 Å². The van der Waals surface area contributed by atoms with Crippen LogP contribution in [0.1, 0.15) is 101 Å². The fourth-order valence-electron chi connectivity index (χ4n) is 14.4. The van der Waals surface area contributed by atoms with Crippen molar-refractivity contribution in [2.45, 2.75) is 129 Å². The van der Waals surface area contributed by atoms with Gasteiger partial charge >= 0.3 is 0 Å². The fourth-order valence-corrected chi connectivity index (χ4v) is 20.0. The number of carbonyl (C=O) groups is 1. The van der Waals surface area contributed by atoms with Crippen LogP contribution >= 0.6 is 56.7 Å². The van der Waals surface area contributed by atoms with Gasteiger partial charge in [0, 0.05) is 65.8 Å². The molecule has 20 rings (SSSR count). The Kier molecular flexibility index (Phi) is 23.3. The molecule has 0 radical (unpaired) electrons. The quantitative estimate of drug-likeness (QED) is 0.0531. The lowest BCUT2D eigenvalue weighted by Gasteiger charge is -2.15. The Hall–Kier alpha value is -11.9. The number of sulfonamides is 2. The number of nitrogens with one attached hydrogen (secondary N) is 5. The number of hydrogen-bond donors (Lipinski definition) is 7. The largest absolute Gasteiger partial charge is 0.324 e. The SMILES string of the molecule is CC(=O)Cc1cccc(Nc2ncc3c(n2)-c2scnc2CC3)c1.Cc1cc(C)cc(Nc2ncc3c(n2)-c2sc(C)nc2CC3)c1.Cc1cc(C)cc(Nc2ncc3c(n2)-c2scnc2CC3)c1.Cc1nc2c(s1)-c1nc(Nc3cccc(S(N)(=O)=O)c3)ncc1CC2.NS(=O)(=O)c1cccc(Nc2ncc3c(n2)-c2scnc2CC3)c1. The van der Waals surface area contributed by atoms with Crippen molar-refractivity contribution in [1.82, 2.24) is 74.8 Å². The van der Waals surface area contributed by atoms with Crippen LogP contribution in [0.2, 0.25) is 0 Å². The van der Waals surface area contributed by atoms with Crippen LogP contribution in [0.4, 0.5) is 58.2 Å². The summed E-state index contributed by atoms with van der Waals surface area (Å²) in [5.74, 6) is 2.81. The van der Waals surface area contributed by atoms with Gasteiger partial charge in [-0.3, -0.25) is 4.79 Å². The zero-order chi connectivity index (χ0) is 81.9. The van der Waals surface area contributed by atoms with E-state index in [-0.39, 0.29) is 15.6 Å². The number of benzene rings is 5. The van der Waals surface area contributed by atoms with E-state index in [0.29, 0.717) is 47.5 Å². The second-order valence-electron chi connectivity index (χ2n) is 28.8. The maximum atomic E-state index is 11.5. The van der Waals surface area contributed by atoms with Crippen molar-refractivity contribution in [3.63, 3.8) is 0 Å². The van der Waals surface area contributed by atoms with E-state index < -0.39 is 20.0 Å². The molecule has 0 saturated carbocycles. The van der Waals surface area contributed by atoms with Crippen LogP contribution in [0.3, 0.4) is 0 Å². The van der Waals surface area contributed by atoms with Crippen LogP contribution in [-0.2, 0) is 95.5 Å². The summed E-state index contributed by atoms with van der Waals surface area (Å²) in [6, 6.07) is 33.0. The predicted octanol–water partition coefficient (Wildman–Crippen LogP) is 16.5. The van der Waals surface area contributed by atoms with E-state index >= 15 is 0 Å². The summed E-state index contributed by atoms with van der Waals surface area (Å²) in [7, 11) is -7.51. The summed E-state index contributed by atoms with van der Waals surface area (Å²) >= 11 is 8.20. The monoisotopic (exact) mass is 1700 g/mol. The zero-order valence-electron chi connectivity index (χ0n) is 65.1. The summed E-state index contributed by atoms with van der Waals surface area (Å²) in [4.78, 5) is 84.9. The molecule has 0 amide bonds. The molecule has 0 fully saturated rings. The maximum Gasteiger partial charge on any atom is 0.238 e. The molecule has 5 aliphatic rings. The van der Waals surface area contributed by atoms with E-state index in [1.165, 1.54) is 78.7 Å². The smallest absolute Gasteiger partial charge is 0.238 e. The van der Waals surface area contributed by atoms with Crippen molar-refractivity contribution in [2.75, 3.05) is 26.6 Å². The minimum absolute atomic E-state index is 0.0372. The molecule has 0 bridgehead atoms. The number of nitrogens with two attached hydrogens (primary N) is 2. The number of ketones is 1. The Morgan fingerprint density at radius 2 is 0.644 bits per heavy atom. The van der Waals surface area contributed by atoms with E-state index in [4.69, 9.17) is 25.2 Å². The number of primary sulfonamides is 2. The van der Waals surface area contributed by atoms with Gasteiger partial charge in [0.2, 0.25) is 49.8 Å². The Bertz CT molecular complexity index is 6560. The summed E-state index contributed by atoms with van der Waals surface area (Å²) in [5.41, 5.74) is 31.8. The number of rotatable bonds is 14. The van der Waals surface area contributed by atoms with Gasteiger partial charge in [-0.2, -0.15) is 0 Å². The van der Waals surface area contributed by atoms with Crippen LogP contribution in [-0.4, -0.2) is 97.4 Å². The third-order valence-electron chi connectivity index (χ3n) is 19.5. The van der Waals surface area contributed by atoms with Crippen molar-refractivity contribution in [3.05, 3.63) is 251 Å². The summed E-state index contributed by atoms with van der Waals surface area (Å²) in [5, 5.41) is 28.4. The van der Waals surface area contributed by atoms with Gasteiger partial charge < -0.3 is 26.6 Å². The molecule has 15 aromatic rings. The molecule has 0 saturated heterocycles. The molecule has 0 unspecified atom stereocenters. The van der Waals surface area contributed by atoms with Gasteiger partial charge in [-0.05, 0) is 241 Å². The molecule has 10 aromatic heterocycles. The normalized spacial score (nSPS) is 12.8. The number of aromatic nitrogens is 15. The lowest BCUT2D eigenvalue weighted by molar-refractivity contribution is -0.116. The van der Waals surface area contributed by atoms with Crippen molar-refractivity contribution in [2.24, 2.45) is 10.3 Å². The zero-order valence-corrected chi connectivity index (χ0v) is 70.8. The fraction of sp³-hybridized carbons (Fsp3) is 0.214. The molecule has 27 nitrogen and oxygen atoms in total. The minimum atomic E-state index is -3.76. The van der Waals surface area contributed by atoms with Gasteiger partial charge in [0.25, 0.3) is 0 Å². The van der Waals surface area contributed by atoms with Gasteiger partial charge in [-0.1, -0.05) is 36.4 Å². The Balaban J connectivity index is 0.000000110. The molecular weight excluding hydrogens is 1620 g/mol. The first-order valence-corrected chi connectivity index (χ1v) is 45.1. The first kappa shape index (κ1) is 80.0. The molecule has 9 N–H and O–H groups in total. The average Bonchev–Trinajstić information content (AvgIpc) is 1.60. The molecule has 34 heteroatoms. The summed E-state index contributed by atoms with van der Waals surface area (Å²) in [6.07, 6.45) is 19.2. The Morgan fingerprint density at radius 1 is 0.347 bits per heavy atom. The van der Waals surface area contributed by atoms with Crippen LogP contribution in [0.25, 0.3) is 52.9 Å². The number of Topliss-reactive ketones (excluding diaryl/α,β-unsaturated/α-hetero) is 1. The second-order valence-corrected chi connectivity index (χ2v) is 36.9. The minimum Gasteiger partial charge on any atom is -0.324 e. The van der Waals surface area contributed by atoms with Crippen LogP contribution in [0.15, 0.2) is 167 Å². The first-order chi connectivity index (χ1) is 56.9. The Morgan fingerprint density at radius 3 is 0.966 bits per heavy atom. The van der Waals surface area contributed by atoms with Gasteiger partial charge in [-0.25, -0.2) is 102 Å². The van der Waals surface area contributed by atoms with E-state index in [0.717, 1.165) is 174 Å². The lowest BCUT2D eigenvalue weighted by atomic mass is 10.00. The van der Waals surface area contributed by atoms with Crippen molar-refractivity contribution in [1.29, 1.82) is 0 Å². The van der Waals surface area contributed by atoms with E-state index in [9.17, 15) is 21.6 Å². The molecule has 0 spiro atoms. The van der Waals surface area contributed by atoms with Crippen molar-refractivity contribution >= 4 is 141 Å². The average molecular weight is 1700 g/mol. The number of thiazole rings is 5. The maximum absolute atomic E-state index is 11.5.